The van der Waals surface area contributed by atoms with Crippen LogP contribution in [0.1, 0.15) is 36.5 Å². The molecule has 1 saturated heterocycles. The minimum atomic E-state index is -0.292. The molecule has 2 aromatic carbocycles. The molecule has 0 saturated carbocycles. The van der Waals surface area contributed by atoms with Crippen LogP contribution in [-0.4, -0.2) is 23.5 Å². The van der Waals surface area contributed by atoms with Crippen LogP contribution in [0.3, 0.4) is 0 Å². The van der Waals surface area contributed by atoms with Gasteiger partial charge in [-0.3, -0.25) is 4.79 Å². The average Bonchev–Trinajstić information content (AvgIpc) is 3.36. The Balaban J connectivity index is 1.22. The molecule has 2 atom stereocenters. The molecule has 164 valence electrons. The van der Waals surface area contributed by atoms with E-state index in [-0.39, 0.29) is 23.9 Å². The second kappa shape index (κ2) is 8.96. The highest BCUT2D eigenvalue weighted by Gasteiger charge is 2.24. The lowest BCUT2D eigenvalue weighted by atomic mass is 9.97. The highest BCUT2D eigenvalue weighted by molar-refractivity contribution is 5.94. The molecule has 7 heteroatoms. The minimum absolute atomic E-state index is 0.0404. The number of amides is 1. The third-order valence-electron chi connectivity index (χ3n) is 5.83. The average molecular weight is 433 g/mol. The van der Waals surface area contributed by atoms with E-state index in [1.54, 1.807) is 30.5 Å². The maximum Gasteiger partial charge on any atom is 0.241 e. The number of benzene rings is 2. The highest BCUT2D eigenvalue weighted by atomic mass is 19.1. The first kappa shape index (κ1) is 20.5. The fraction of sp³-hybridized carbons (Fsp3) is 0.280. The minimum Gasteiger partial charge on any atom is -0.485 e. The Morgan fingerprint density at radius 3 is 2.84 bits per heavy atom. The number of halogens is 1. The summed E-state index contributed by atoms with van der Waals surface area (Å²) in [7, 11) is 0. The number of nitrogens with one attached hydrogen (secondary N) is 2. The van der Waals surface area contributed by atoms with Gasteiger partial charge in [0.25, 0.3) is 0 Å². The van der Waals surface area contributed by atoms with Crippen molar-refractivity contribution in [2.24, 2.45) is 0 Å². The molecule has 3 aromatic rings. The fourth-order valence-corrected chi connectivity index (χ4v) is 4.16. The predicted octanol–water partition coefficient (Wildman–Crippen LogP) is 4.77. The van der Waals surface area contributed by atoms with Crippen LogP contribution in [-0.2, 0) is 11.2 Å². The molecule has 0 bridgehead atoms. The van der Waals surface area contributed by atoms with Crippen LogP contribution in [0.2, 0.25) is 0 Å². The number of pyridine rings is 1. The van der Waals surface area contributed by atoms with E-state index in [0.717, 1.165) is 37.1 Å². The molecule has 1 unspecified atom stereocenters. The van der Waals surface area contributed by atoms with E-state index in [9.17, 15) is 9.18 Å². The summed E-state index contributed by atoms with van der Waals surface area (Å²) in [6.07, 6.45) is 4.61. The first-order chi connectivity index (χ1) is 15.7. The molecule has 1 fully saturated rings. The van der Waals surface area contributed by atoms with Crippen LogP contribution in [0, 0.1) is 5.82 Å². The molecule has 6 nitrogen and oxygen atoms in total. The molecule has 1 aromatic heterocycles. The molecular formula is C25H24FN3O3. The van der Waals surface area contributed by atoms with E-state index >= 15 is 0 Å². The van der Waals surface area contributed by atoms with E-state index in [2.05, 4.69) is 15.6 Å². The number of aryl methyl sites for hydroxylation is 1. The van der Waals surface area contributed by atoms with Crippen molar-refractivity contribution in [1.29, 1.82) is 0 Å². The van der Waals surface area contributed by atoms with Gasteiger partial charge in [-0.05, 0) is 68.1 Å². The second-order valence-electron chi connectivity index (χ2n) is 8.06. The zero-order valence-corrected chi connectivity index (χ0v) is 17.5. The molecule has 1 amide bonds. The van der Waals surface area contributed by atoms with Crippen LogP contribution >= 0.6 is 0 Å². The van der Waals surface area contributed by atoms with Gasteiger partial charge in [-0.1, -0.05) is 18.2 Å². The normalized spacial score (nSPS) is 19.7. The smallest absolute Gasteiger partial charge is 0.241 e. The third-order valence-corrected chi connectivity index (χ3v) is 5.83. The molecule has 2 aliphatic heterocycles. The van der Waals surface area contributed by atoms with Crippen molar-refractivity contribution in [3.05, 3.63) is 77.7 Å². The summed E-state index contributed by atoms with van der Waals surface area (Å²) in [5, 5.41) is 6.05. The van der Waals surface area contributed by atoms with Crippen molar-refractivity contribution in [3.63, 3.8) is 0 Å². The summed E-state index contributed by atoms with van der Waals surface area (Å²) in [5.74, 6) is 1.54. The standard InChI is InChI=1S/C25H24FN3O3/c26-20-5-2-1-4-19(20)23-10-7-16-14-18(9-11-22(16)32-23)31-24-12-8-17(15-28-24)29-25(30)21-6-3-13-27-21/h1-2,4-5,8-9,11-12,14-15,21,23,27H,3,6-7,10,13H2,(H,29,30)/t21-,23?/m0/s1. The van der Waals surface area contributed by atoms with Crippen molar-refractivity contribution in [1.82, 2.24) is 10.3 Å². The zero-order chi connectivity index (χ0) is 21.9. The van der Waals surface area contributed by atoms with Gasteiger partial charge >= 0.3 is 0 Å². The molecule has 3 heterocycles. The number of carbonyl (C=O) groups is 1. The molecule has 0 aliphatic carbocycles. The fourth-order valence-electron chi connectivity index (χ4n) is 4.16. The predicted molar refractivity (Wildman–Crippen MR) is 118 cm³/mol. The Kier molecular flexibility index (Phi) is 5.73. The highest BCUT2D eigenvalue weighted by Crippen LogP contribution is 2.38. The van der Waals surface area contributed by atoms with Gasteiger partial charge in [0, 0.05) is 11.6 Å². The molecule has 2 N–H and O–H groups in total. The van der Waals surface area contributed by atoms with Crippen molar-refractivity contribution in [3.8, 4) is 17.4 Å². The van der Waals surface area contributed by atoms with Crippen molar-refractivity contribution in [2.75, 3.05) is 11.9 Å². The summed E-state index contributed by atoms with van der Waals surface area (Å²) in [6, 6.07) is 15.7. The molecular weight excluding hydrogens is 409 g/mol. The number of hydrogen-bond donors (Lipinski definition) is 2. The van der Waals surface area contributed by atoms with Gasteiger partial charge in [-0.2, -0.15) is 0 Å². The van der Waals surface area contributed by atoms with Crippen LogP contribution in [0.5, 0.6) is 17.4 Å². The molecule has 5 rings (SSSR count). The topological polar surface area (TPSA) is 72.5 Å². The number of anilines is 1. The van der Waals surface area contributed by atoms with E-state index < -0.39 is 0 Å². The maximum absolute atomic E-state index is 14.1. The third kappa shape index (κ3) is 4.43. The van der Waals surface area contributed by atoms with Gasteiger partial charge in [0.05, 0.1) is 17.9 Å². The van der Waals surface area contributed by atoms with E-state index in [0.29, 0.717) is 29.3 Å². The van der Waals surface area contributed by atoms with Crippen LogP contribution in [0.4, 0.5) is 10.1 Å². The Labute approximate surface area is 185 Å². The van der Waals surface area contributed by atoms with Crippen LogP contribution < -0.4 is 20.1 Å². The number of ether oxygens (including phenoxy) is 2. The van der Waals surface area contributed by atoms with Gasteiger partial charge in [-0.15, -0.1) is 0 Å². The molecule has 0 spiro atoms. The van der Waals surface area contributed by atoms with Crippen molar-refractivity contribution in [2.45, 2.75) is 37.8 Å². The van der Waals surface area contributed by atoms with E-state index in [1.165, 1.54) is 6.07 Å². The van der Waals surface area contributed by atoms with E-state index in [4.69, 9.17) is 9.47 Å². The Hall–Kier alpha value is -3.45. The van der Waals surface area contributed by atoms with Crippen LogP contribution in [0.15, 0.2) is 60.8 Å². The van der Waals surface area contributed by atoms with Gasteiger partial charge < -0.3 is 20.1 Å². The van der Waals surface area contributed by atoms with Crippen LogP contribution in [0.25, 0.3) is 0 Å². The van der Waals surface area contributed by atoms with E-state index in [1.807, 2.05) is 24.3 Å². The van der Waals surface area contributed by atoms with Crippen molar-refractivity contribution < 1.29 is 18.7 Å². The Bertz CT molecular complexity index is 1110. The Morgan fingerprint density at radius 2 is 2.06 bits per heavy atom. The lowest BCUT2D eigenvalue weighted by Crippen LogP contribution is -2.35. The Morgan fingerprint density at radius 1 is 1.16 bits per heavy atom. The second-order valence-corrected chi connectivity index (χ2v) is 8.06. The summed E-state index contributed by atoms with van der Waals surface area (Å²) in [6.45, 7) is 0.874. The van der Waals surface area contributed by atoms with Gasteiger partial charge in [0.15, 0.2) is 0 Å². The zero-order valence-electron chi connectivity index (χ0n) is 17.5. The summed E-state index contributed by atoms with van der Waals surface area (Å²) in [4.78, 5) is 16.5. The quantitative estimate of drug-likeness (QED) is 0.607. The summed E-state index contributed by atoms with van der Waals surface area (Å²) >= 11 is 0. The van der Waals surface area contributed by atoms with Gasteiger partial charge in [0.1, 0.15) is 23.4 Å². The first-order valence-electron chi connectivity index (χ1n) is 10.9. The monoisotopic (exact) mass is 433 g/mol. The molecule has 0 radical (unpaired) electrons. The lowest BCUT2D eigenvalue weighted by Gasteiger charge is -2.27. The van der Waals surface area contributed by atoms with Gasteiger partial charge in [0.2, 0.25) is 11.8 Å². The first-order valence-corrected chi connectivity index (χ1v) is 10.9. The summed E-state index contributed by atoms with van der Waals surface area (Å²) < 4.78 is 26.0. The summed E-state index contributed by atoms with van der Waals surface area (Å²) in [5.41, 5.74) is 2.23. The number of rotatable bonds is 5. The number of nitrogens with zero attached hydrogens (tertiary/aromatic N) is 1. The number of aromatic nitrogens is 1. The number of hydrogen-bond acceptors (Lipinski definition) is 5. The maximum atomic E-state index is 14.1. The number of fused-ring (bicyclic) bond motifs is 1. The lowest BCUT2D eigenvalue weighted by molar-refractivity contribution is -0.117. The largest absolute Gasteiger partial charge is 0.485 e. The molecule has 32 heavy (non-hydrogen) atoms. The molecule has 2 aliphatic rings. The number of carbonyl (C=O) groups excluding carboxylic acids is 1. The van der Waals surface area contributed by atoms with Crippen molar-refractivity contribution >= 4 is 11.6 Å². The SMILES string of the molecule is O=C(Nc1ccc(Oc2ccc3c(c2)CCC(c2ccccc2F)O3)nc1)[C@@H]1CCCN1. The van der Waals surface area contributed by atoms with Gasteiger partial charge in [-0.25, -0.2) is 9.37 Å².